The fraction of sp³-hybridized carbons (Fsp3) is 0.429. The van der Waals surface area contributed by atoms with Crippen molar-refractivity contribution in [3.8, 4) is 11.5 Å². The highest BCUT2D eigenvalue weighted by atomic mass is 16.5. The number of carbonyl (C=O) groups is 1. The fourth-order valence-corrected chi connectivity index (χ4v) is 4.74. The van der Waals surface area contributed by atoms with Crippen molar-refractivity contribution in [1.82, 2.24) is 9.80 Å². The quantitative estimate of drug-likeness (QED) is 0.414. The molecular formula is C28H34N2O5. The number of methoxy groups -OCH3 is 1. The van der Waals surface area contributed by atoms with E-state index in [4.69, 9.17) is 13.9 Å². The summed E-state index contributed by atoms with van der Waals surface area (Å²) in [7, 11) is 1.55. The van der Waals surface area contributed by atoms with Gasteiger partial charge in [0.1, 0.15) is 17.1 Å². The summed E-state index contributed by atoms with van der Waals surface area (Å²) in [5.41, 5.74) is 1.38. The molecule has 0 fully saturated rings. The average Bonchev–Trinajstić information content (AvgIpc) is 3.13. The molecule has 0 saturated heterocycles. The summed E-state index contributed by atoms with van der Waals surface area (Å²) in [4.78, 5) is 31.4. The van der Waals surface area contributed by atoms with Crippen LogP contribution in [0.25, 0.3) is 11.0 Å². The van der Waals surface area contributed by atoms with Crippen LogP contribution in [0.2, 0.25) is 0 Å². The van der Waals surface area contributed by atoms with Crippen molar-refractivity contribution in [3.63, 3.8) is 0 Å². The molecule has 7 heteroatoms. The second-order valence-electron chi connectivity index (χ2n) is 9.06. The van der Waals surface area contributed by atoms with Crippen LogP contribution in [0, 0.1) is 0 Å². The van der Waals surface area contributed by atoms with Gasteiger partial charge in [-0.05, 0) is 69.7 Å². The monoisotopic (exact) mass is 478 g/mol. The lowest BCUT2D eigenvalue weighted by Crippen LogP contribution is -2.33. The zero-order chi connectivity index (χ0) is 25.1. The van der Waals surface area contributed by atoms with E-state index in [1.165, 1.54) is 0 Å². The number of fused-ring (bicyclic) bond motifs is 2. The first-order valence-electron chi connectivity index (χ1n) is 12.3. The molecule has 1 aliphatic heterocycles. The maximum Gasteiger partial charge on any atom is 0.290 e. The van der Waals surface area contributed by atoms with E-state index >= 15 is 0 Å². The molecule has 4 rings (SSSR count). The van der Waals surface area contributed by atoms with Gasteiger partial charge in [0, 0.05) is 12.6 Å². The molecule has 1 amide bonds. The third kappa shape index (κ3) is 4.91. The third-order valence-corrected chi connectivity index (χ3v) is 6.49. The Morgan fingerprint density at radius 3 is 2.51 bits per heavy atom. The second-order valence-corrected chi connectivity index (χ2v) is 9.06. The van der Waals surface area contributed by atoms with Crippen LogP contribution in [0.5, 0.6) is 11.5 Å². The van der Waals surface area contributed by atoms with Crippen molar-refractivity contribution >= 4 is 16.9 Å². The maximum atomic E-state index is 13.7. The van der Waals surface area contributed by atoms with Crippen LogP contribution in [0.3, 0.4) is 0 Å². The van der Waals surface area contributed by atoms with Crippen molar-refractivity contribution in [2.45, 2.75) is 46.3 Å². The molecule has 1 aliphatic rings. The van der Waals surface area contributed by atoms with Gasteiger partial charge in [-0.2, -0.15) is 0 Å². The van der Waals surface area contributed by atoms with Gasteiger partial charge in [-0.25, -0.2) is 0 Å². The number of benzene rings is 2. The predicted octanol–water partition coefficient (Wildman–Crippen LogP) is 4.87. The topological polar surface area (TPSA) is 72.2 Å². The number of amides is 1. The zero-order valence-electron chi connectivity index (χ0n) is 21.2. The number of hydrogen-bond donors (Lipinski definition) is 0. The Morgan fingerprint density at radius 1 is 1.06 bits per heavy atom. The van der Waals surface area contributed by atoms with E-state index < -0.39 is 6.04 Å². The van der Waals surface area contributed by atoms with Crippen molar-refractivity contribution in [2.24, 2.45) is 0 Å². The summed E-state index contributed by atoms with van der Waals surface area (Å²) in [5, 5.41) is 0.432. The van der Waals surface area contributed by atoms with Gasteiger partial charge in [0.25, 0.3) is 5.91 Å². The van der Waals surface area contributed by atoms with Gasteiger partial charge in [0.05, 0.1) is 30.2 Å². The lowest BCUT2D eigenvalue weighted by atomic mass is 9.98. The molecule has 0 saturated carbocycles. The number of carbonyl (C=O) groups excluding carboxylic acids is 1. The van der Waals surface area contributed by atoms with E-state index in [1.54, 1.807) is 30.2 Å². The van der Waals surface area contributed by atoms with Crippen LogP contribution in [-0.4, -0.2) is 55.1 Å². The van der Waals surface area contributed by atoms with Gasteiger partial charge < -0.3 is 23.7 Å². The molecule has 1 atom stereocenters. The minimum absolute atomic E-state index is 0.0110. The third-order valence-electron chi connectivity index (χ3n) is 6.49. The molecule has 35 heavy (non-hydrogen) atoms. The Morgan fingerprint density at radius 2 is 1.83 bits per heavy atom. The normalized spacial score (nSPS) is 15.3. The predicted molar refractivity (Wildman–Crippen MR) is 137 cm³/mol. The summed E-state index contributed by atoms with van der Waals surface area (Å²) in [6.45, 7) is 11.5. The lowest BCUT2D eigenvalue weighted by molar-refractivity contribution is 0.0719. The van der Waals surface area contributed by atoms with Crippen molar-refractivity contribution in [1.29, 1.82) is 0 Å². The van der Waals surface area contributed by atoms with Gasteiger partial charge in [-0.15, -0.1) is 0 Å². The van der Waals surface area contributed by atoms with Crippen LogP contribution in [0.15, 0.2) is 51.7 Å². The summed E-state index contributed by atoms with van der Waals surface area (Å²) in [6.07, 6.45) is 0.804. The van der Waals surface area contributed by atoms with E-state index in [2.05, 4.69) is 18.7 Å². The van der Waals surface area contributed by atoms with E-state index in [9.17, 15) is 9.59 Å². The Labute approximate surface area is 206 Å². The Hall–Kier alpha value is -3.32. The zero-order valence-corrected chi connectivity index (χ0v) is 21.2. The highest BCUT2D eigenvalue weighted by molar-refractivity contribution is 5.99. The van der Waals surface area contributed by atoms with Crippen LogP contribution in [0.4, 0.5) is 0 Å². The Kier molecular flexibility index (Phi) is 7.45. The second kappa shape index (κ2) is 10.5. The molecule has 3 aromatic rings. The smallest absolute Gasteiger partial charge is 0.290 e. The summed E-state index contributed by atoms with van der Waals surface area (Å²) in [5.74, 6) is 1.12. The van der Waals surface area contributed by atoms with Gasteiger partial charge in [0.15, 0.2) is 5.43 Å². The van der Waals surface area contributed by atoms with Gasteiger partial charge in [-0.1, -0.05) is 26.0 Å². The number of nitrogens with zero attached hydrogens (tertiary/aromatic N) is 2. The van der Waals surface area contributed by atoms with Gasteiger partial charge >= 0.3 is 0 Å². The first-order valence-corrected chi connectivity index (χ1v) is 12.3. The minimum atomic E-state index is -0.535. The van der Waals surface area contributed by atoms with Crippen LogP contribution >= 0.6 is 0 Å². The Balaban J connectivity index is 1.81. The maximum absolute atomic E-state index is 13.7. The van der Waals surface area contributed by atoms with Crippen LogP contribution in [0.1, 0.15) is 61.8 Å². The summed E-state index contributed by atoms with van der Waals surface area (Å²) in [6, 6.07) is 12.2. The highest BCUT2D eigenvalue weighted by Gasteiger charge is 2.42. The van der Waals surface area contributed by atoms with Gasteiger partial charge in [0.2, 0.25) is 5.76 Å². The first-order chi connectivity index (χ1) is 16.9. The summed E-state index contributed by atoms with van der Waals surface area (Å²) >= 11 is 0. The summed E-state index contributed by atoms with van der Waals surface area (Å²) < 4.78 is 17.3. The molecule has 1 unspecified atom stereocenters. The largest absolute Gasteiger partial charge is 0.497 e. The molecule has 1 aromatic heterocycles. The first kappa shape index (κ1) is 24.8. The molecule has 2 aromatic carbocycles. The number of ether oxygens (including phenoxy) is 2. The highest BCUT2D eigenvalue weighted by Crippen LogP contribution is 2.39. The molecule has 0 aliphatic carbocycles. The molecule has 0 bridgehead atoms. The van der Waals surface area contributed by atoms with E-state index in [0.29, 0.717) is 34.6 Å². The minimum Gasteiger partial charge on any atom is -0.497 e. The molecule has 0 radical (unpaired) electrons. The lowest BCUT2D eigenvalue weighted by Gasteiger charge is -2.27. The van der Waals surface area contributed by atoms with Crippen LogP contribution in [-0.2, 0) is 0 Å². The van der Waals surface area contributed by atoms with Crippen molar-refractivity contribution in [3.05, 3.63) is 69.6 Å². The Bertz CT molecular complexity index is 1260. The number of hydrogen-bond acceptors (Lipinski definition) is 6. The molecular weight excluding hydrogens is 444 g/mol. The fourth-order valence-electron chi connectivity index (χ4n) is 4.74. The molecule has 2 heterocycles. The van der Waals surface area contributed by atoms with Crippen LogP contribution < -0.4 is 14.9 Å². The van der Waals surface area contributed by atoms with Crippen molar-refractivity contribution in [2.75, 3.05) is 33.3 Å². The van der Waals surface area contributed by atoms with E-state index in [-0.39, 0.29) is 23.2 Å². The molecule has 186 valence electrons. The van der Waals surface area contributed by atoms with Crippen molar-refractivity contribution < 1.29 is 18.7 Å². The SMILES string of the molecule is CCN(CC)CCCN1C(=O)c2oc3cc(OC)ccc3c(=O)c2C1c1cccc(OC(C)C)c1. The van der Waals surface area contributed by atoms with E-state index in [0.717, 1.165) is 31.6 Å². The standard InChI is InChI=1S/C28H34N2O5/c1-6-29(7-2)14-9-15-30-25(19-10-8-11-21(16-19)34-18(3)4)24-26(31)22-13-12-20(33-5)17-23(22)35-27(24)28(30)32/h8,10-13,16-18,25H,6-7,9,14-15H2,1-5H3. The molecule has 0 spiro atoms. The average molecular weight is 479 g/mol. The molecule has 7 nitrogen and oxygen atoms in total. The van der Waals surface area contributed by atoms with Gasteiger partial charge in [-0.3, -0.25) is 9.59 Å². The molecule has 0 N–H and O–H groups in total. The van der Waals surface area contributed by atoms with E-state index in [1.807, 2.05) is 38.1 Å². The number of rotatable bonds is 10.